The zero-order chi connectivity index (χ0) is 14.8. The number of hydrogen-bond acceptors (Lipinski definition) is 2. The van der Waals surface area contributed by atoms with Gasteiger partial charge in [0.1, 0.15) is 11.6 Å². The molecule has 1 aliphatic heterocycles. The largest absolute Gasteiger partial charge is 0.329 e. The number of piperidine rings is 1. The predicted octanol–water partition coefficient (Wildman–Crippen LogP) is 3.48. The van der Waals surface area contributed by atoms with Crippen LogP contribution < -0.4 is 5.73 Å². The molecule has 1 aromatic rings. The Balaban J connectivity index is 2.15. The van der Waals surface area contributed by atoms with E-state index in [4.69, 9.17) is 5.73 Å². The lowest BCUT2D eigenvalue weighted by molar-refractivity contribution is 0.0815. The molecule has 1 heterocycles. The third-order valence-corrected chi connectivity index (χ3v) is 4.84. The Hall–Kier alpha value is -1.00. The highest BCUT2D eigenvalue weighted by Crippen LogP contribution is 2.37. The lowest BCUT2D eigenvalue weighted by atomic mass is 9.78. The summed E-state index contributed by atoms with van der Waals surface area (Å²) in [4.78, 5) is 2.19. The summed E-state index contributed by atoms with van der Waals surface area (Å²) in [6.07, 6.45) is 3.32. The number of likely N-dealkylation sites (tertiary alicyclic amines) is 1. The van der Waals surface area contributed by atoms with Crippen molar-refractivity contribution < 1.29 is 8.78 Å². The molecule has 1 unspecified atom stereocenters. The van der Waals surface area contributed by atoms with E-state index in [1.54, 1.807) is 0 Å². The van der Waals surface area contributed by atoms with E-state index in [-0.39, 0.29) is 11.9 Å². The molecule has 2 N–H and O–H groups in total. The molecule has 0 aliphatic carbocycles. The molecule has 0 bridgehead atoms. The fourth-order valence-corrected chi connectivity index (χ4v) is 2.97. The number of nitrogens with zero attached hydrogens (tertiary/aromatic N) is 1. The molecule has 2 rings (SSSR count). The minimum atomic E-state index is -0.407. The molecule has 2 nitrogen and oxygen atoms in total. The first-order chi connectivity index (χ1) is 9.49. The SMILES string of the molecule is CCC1(C)CCN(C(CN)c2cc(F)ccc2F)CC1. The zero-order valence-corrected chi connectivity index (χ0v) is 12.3. The first-order valence-electron chi connectivity index (χ1n) is 7.38. The van der Waals surface area contributed by atoms with E-state index < -0.39 is 5.82 Å². The summed E-state index contributed by atoms with van der Waals surface area (Å²) in [7, 11) is 0. The Labute approximate surface area is 120 Å². The van der Waals surface area contributed by atoms with Gasteiger partial charge in [-0.25, -0.2) is 8.78 Å². The quantitative estimate of drug-likeness (QED) is 0.916. The molecule has 0 aromatic heterocycles. The fourth-order valence-electron chi connectivity index (χ4n) is 2.97. The standard InChI is InChI=1S/C16H24F2N2/c1-3-16(2)6-8-20(9-7-16)15(11-19)13-10-12(17)4-5-14(13)18/h4-5,10,15H,3,6-9,11,19H2,1-2H3. The molecular formula is C16H24F2N2. The maximum Gasteiger partial charge on any atom is 0.128 e. The molecule has 112 valence electrons. The molecule has 0 saturated carbocycles. The van der Waals surface area contributed by atoms with E-state index in [0.717, 1.165) is 38.4 Å². The number of benzene rings is 1. The summed E-state index contributed by atoms with van der Waals surface area (Å²) in [6, 6.07) is 3.39. The van der Waals surface area contributed by atoms with Crippen molar-refractivity contribution in [3.05, 3.63) is 35.4 Å². The maximum atomic E-state index is 13.9. The molecule has 0 radical (unpaired) electrons. The Bertz CT molecular complexity index is 454. The van der Waals surface area contributed by atoms with Gasteiger partial charge in [-0.2, -0.15) is 0 Å². The van der Waals surface area contributed by atoms with Gasteiger partial charge in [0.05, 0.1) is 0 Å². The van der Waals surface area contributed by atoms with Crippen molar-refractivity contribution in [2.75, 3.05) is 19.6 Å². The van der Waals surface area contributed by atoms with E-state index >= 15 is 0 Å². The van der Waals surface area contributed by atoms with Crippen LogP contribution in [0.25, 0.3) is 0 Å². The minimum Gasteiger partial charge on any atom is -0.329 e. The van der Waals surface area contributed by atoms with Crippen LogP contribution in [0.3, 0.4) is 0 Å². The molecule has 0 spiro atoms. The van der Waals surface area contributed by atoms with Crippen molar-refractivity contribution in [2.24, 2.45) is 11.1 Å². The highest BCUT2D eigenvalue weighted by molar-refractivity contribution is 5.23. The third-order valence-electron chi connectivity index (χ3n) is 4.84. The van der Waals surface area contributed by atoms with Gasteiger partial charge in [0, 0.05) is 18.2 Å². The van der Waals surface area contributed by atoms with Gasteiger partial charge in [0.25, 0.3) is 0 Å². The number of rotatable bonds is 4. The van der Waals surface area contributed by atoms with Crippen LogP contribution in [-0.2, 0) is 0 Å². The summed E-state index contributed by atoms with van der Waals surface area (Å²) >= 11 is 0. The molecule has 0 amide bonds. The second kappa shape index (κ2) is 6.19. The maximum absolute atomic E-state index is 13.9. The van der Waals surface area contributed by atoms with Gasteiger partial charge >= 0.3 is 0 Å². The lowest BCUT2D eigenvalue weighted by Crippen LogP contribution is -2.43. The summed E-state index contributed by atoms with van der Waals surface area (Å²) in [5, 5.41) is 0. The van der Waals surface area contributed by atoms with Crippen LogP contribution in [0.15, 0.2) is 18.2 Å². The third kappa shape index (κ3) is 3.18. The fraction of sp³-hybridized carbons (Fsp3) is 0.625. The van der Waals surface area contributed by atoms with Crippen molar-refractivity contribution in [1.29, 1.82) is 0 Å². The van der Waals surface area contributed by atoms with E-state index in [2.05, 4.69) is 18.7 Å². The smallest absolute Gasteiger partial charge is 0.128 e. The Kier molecular flexibility index (Phi) is 4.76. The monoisotopic (exact) mass is 282 g/mol. The number of hydrogen-bond donors (Lipinski definition) is 1. The molecule has 1 aromatic carbocycles. The summed E-state index contributed by atoms with van der Waals surface area (Å²) < 4.78 is 27.3. The van der Waals surface area contributed by atoms with Crippen LogP contribution in [0.4, 0.5) is 8.78 Å². The van der Waals surface area contributed by atoms with Crippen molar-refractivity contribution in [3.8, 4) is 0 Å². The number of halogens is 2. The summed E-state index contributed by atoms with van der Waals surface area (Å²) in [5.41, 5.74) is 6.58. The Morgan fingerprint density at radius 1 is 1.30 bits per heavy atom. The normalized spacial score (nSPS) is 20.9. The highest BCUT2D eigenvalue weighted by atomic mass is 19.1. The van der Waals surface area contributed by atoms with Gasteiger partial charge in [-0.15, -0.1) is 0 Å². The van der Waals surface area contributed by atoms with Crippen LogP contribution >= 0.6 is 0 Å². The Morgan fingerprint density at radius 3 is 2.50 bits per heavy atom. The lowest BCUT2D eigenvalue weighted by Gasteiger charge is -2.42. The average molecular weight is 282 g/mol. The van der Waals surface area contributed by atoms with Gasteiger partial charge in [-0.3, -0.25) is 4.90 Å². The van der Waals surface area contributed by atoms with E-state index in [1.807, 2.05) is 0 Å². The molecule has 1 aliphatic rings. The van der Waals surface area contributed by atoms with Gasteiger partial charge in [-0.05, 0) is 49.5 Å². The predicted molar refractivity (Wildman–Crippen MR) is 77.4 cm³/mol. The first kappa shape index (κ1) is 15.4. The van der Waals surface area contributed by atoms with Crippen molar-refractivity contribution in [2.45, 2.75) is 39.2 Å². The van der Waals surface area contributed by atoms with Crippen molar-refractivity contribution in [1.82, 2.24) is 4.90 Å². The minimum absolute atomic E-state index is 0.230. The van der Waals surface area contributed by atoms with Gasteiger partial charge in [0.15, 0.2) is 0 Å². The van der Waals surface area contributed by atoms with Crippen molar-refractivity contribution >= 4 is 0 Å². The van der Waals surface area contributed by atoms with Crippen LogP contribution in [0.1, 0.15) is 44.7 Å². The van der Waals surface area contributed by atoms with E-state index in [9.17, 15) is 8.78 Å². The topological polar surface area (TPSA) is 29.3 Å². The van der Waals surface area contributed by atoms with Crippen LogP contribution in [0.5, 0.6) is 0 Å². The van der Waals surface area contributed by atoms with Gasteiger partial charge in [0.2, 0.25) is 0 Å². The van der Waals surface area contributed by atoms with Gasteiger partial charge in [-0.1, -0.05) is 20.3 Å². The Morgan fingerprint density at radius 2 is 1.95 bits per heavy atom. The molecule has 4 heteroatoms. The van der Waals surface area contributed by atoms with E-state index in [0.29, 0.717) is 17.5 Å². The van der Waals surface area contributed by atoms with Gasteiger partial charge < -0.3 is 5.73 Å². The molecule has 1 atom stereocenters. The molecule has 20 heavy (non-hydrogen) atoms. The summed E-state index contributed by atoms with van der Waals surface area (Å²) in [5.74, 6) is -0.777. The molecule has 1 saturated heterocycles. The number of nitrogens with two attached hydrogens (primary N) is 1. The van der Waals surface area contributed by atoms with Crippen molar-refractivity contribution in [3.63, 3.8) is 0 Å². The summed E-state index contributed by atoms with van der Waals surface area (Å²) in [6.45, 7) is 6.60. The molecule has 1 fully saturated rings. The van der Waals surface area contributed by atoms with E-state index in [1.165, 1.54) is 12.1 Å². The second-order valence-corrected chi connectivity index (χ2v) is 6.12. The van der Waals surface area contributed by atoms with Crippen LogP contribution in [0, 0.1) is 17.0 Å². The van der Waals surface area contributed by atoms with Crippen LogP contribution in [-0.4, -0.2) is 24.5 Å². The second-order valence-electron chi connectivity index (χ2n) is 6.12. The zero-order valence-electron chi connectivity index (χ0n) is 12.3. The highest BCUT2D eigenvalue weighted by Gasteiger charge is 2.32. The van der Waals surface area contributed by atoms with Crippen LogP contribution in [0.2, 0.25) is 0 Å². The first-order valence-corrected chi connectivity index (χ1v) is 7.38. The average Bonchev–Trinajstić information content (AvgIpc) is 2.45. The molecular weight excluding hydrogens is 258 g/mol.